The van der Waals surface area contributed by atoms with Crippen LogP contribution in [0.4, 0.5) is 20.2 Å². The molecule has 4 N–H and O–H groups in total. The van der Waals surface area contributed by atoms with Gasteiger partial charge in [0.05, 0.1) is 11.1 Å². The van der Waals surface area contributed by atoms with E-state index in [9.17, 15) is 8.78 Å². The van der Waals surface area contributed by atoms with Crippen molar-refractivity contribution in [1.29, 1.82) is 10.5 Å². The molecule has 2 aromatic carbocycles. The van der Waals surface area contributed by atoms with Crippen LogP contribution in [-0.2, 0) is 0 Å². The first-order valence-corrected chi connectivity index (χ1v) is 10.8. The molecule has 4 rings (SSSR count). The number of allylic oxidation sites excluding steroid dienone is 1. The summed E-state index contributed by atoms with van der Waals surface area (Å²) in [5, 5.41) is 17.8. The maximum atomic E-state index is 13.9. The van der Waals surface area contributed by atoms with E-state index in [0.717, 1.165) is 36.8 Å². The lowest BCUT2D eigenvalue weighted by atomic mass is 9.93. The number of hydrogen-bond acceptors (Lipinski definition) is 4. The fourth-order valence-corrected chi connectivity index (χ4v) is 4.02. The van der Waals surface area contributed by atoms with Crippen molar-refractivity contribution in [3.63, 3.8) is 0 Å². The Bertz CT molecular complexity index is 1160. The van der Waals surface area contributed by atoms with Gasteiger partial charge in [-0.25, -0.2) is 8.78 Å². The van der Waals surface area contributed by atoms with Crippen LogP contribution in [0.2, 0.25) is 0 Å². The van der Waals surface area contributed by atoms with Crippen molar-refractivity contribution in [3.05, 3.63) is 63.7 Å². The summed E-state index contributed by atoms with van der Waals surface area (Å²) in [6.45, 7) is 9.21. The van der Waals surface area contributed by atoms with E-state index < -0.39 is 11.6 Å². The molecule has 0 heterocycles. The molecule has 4 nitrogen and oxygen atoms in total. The van der Waals surface area contributed by atoms with Gasteiger partial charge in [-0.1, -0.05) is 20.4 Å². The third kappa shape index (κ3) is 4.46. The van der Waals surface area contributed by atoms with Crippen molar-refractivity contribution in [1.82, 2.24) is 0 Å². The van der Waals surface area contributed by atoms with Crippen molar-refractivity contribution in [2.75, 3.05) is 11.5 Å². The van der Waals surface area contributed by atoms with Crippen LogP contribution in [0.1, 0.15) is 97.6 Å². The molecule has 2 saturated carbocycles. The molecule has 166 valence electrons. The Balaban J connectivity index is 0.000000181. The summed E-state index contributed by atoms with van der Waals surface area (Å²) in [6, 6.07) is 6.98. The van der Waals surface area contributed by atoms with Gasteiger partial charge in [0.25, 0.3) is 0 Å². The number of nitrogen functional groups attached to an aromatic ring is 2. The predicted molar refractivity (Wildman–Crippen MR) is 124 cm³/mol. The highest BCUT2D eigenvalue weighted by molar-refractivity contribution is 5.77. The zero-order valence-corrected chi connectivity index (χ0v) is 18.7. The second kappa shape index (κ2) is 9.01. The standard InChI is InChI=1S/C13H15FN2.C13H13FN2/c2*1-7(2)11-12(14)9(6-15)5-10(13(11)16)8-3-4-8/h5,7-8H,3-4,16H2,1-2H3;5,8H,1,3-4,16H2,2H3. The Morgan fingerprint density at radius 1 is 0.938 bits per heavy atom. The largest absolute Gasteiger partial charge is 0.398 e. The number of benzene rings is 2. The van der Waals surface area contributed by atoms with Crippen molar-refractivity contribution < 1.29 is 8.78 Å². The molecule has 0 aromatic heterocycles. The summed E-state index contributed by atoms with van der Waals surface area (Å²) < 4.78 is 27.8. The van der Waals surface area contributed by atoms with E-state index in [1.165, 1.54) is 0 Å². The van der Waals surface area contributed by atoms with E-state index in [-0.39, 0.29) is 17.0 Å². The van der Waals surface area contributed by atoms with Crippen LogP contribution in [0.15, 0.2) is 18.7 Å². The van der Waals surface area contributed by atoms with Crippen molar-refractivity contribution in [3.8, 4) is 12.1 Å². The predicted octanol–water partition coefficient (Wildman–Crippen LogP) is 6.47. The molecule has 0 atom stereocenters. The zero-order valence-electron chi connectivity index (χ0n) is 18.7. The fraction of sp³-hybridized carbons (Fsp3) is 0.385. The van der Waals surface area contributed by atoms with Crippen molar-refractivity contribution in [2.24, 2.45) is 0 Å². The molecule has 0 aliphatic heterocycles. The van der Waals surface area contributed by atoms with Gasteiger partial charge in [-0.05, 0) is 79.2 Å². The molecule has 2 aliphatic carbocycles. The minimum atomic E-state index is -0.545. The Morgan fingerprint density at radius 2 is 1.38 bits per heavy atom. The lowest BCUT2D eigenvalue weighted by Crippen LogP contribution is -2.06. The van der Waals surface area contributed by atoms with E-state index in [4.69, 9.17) is 22.0 Å². The van der Waals surface area contributed by atoms with Gasteiger partial charge in [-0.2, -0.15) is 10.5 Å². The summed E-state index contributed by atoms with van der Waals surface area (Å²) in [4.78, 5) is 0. The highest BCUT2D eigenvalue weighted by atomic mass is 19.1. The molecule has 0 spiro atoms. The highest BCUT2D eigenvalue weighted by Gasteiger charge is 2.30. The average Bonchev–Trinajstić information content (AvgIpc) is 3.62. The Morgan fingerprint density at radius 3 is 1.75 bits per heavy atom. The molecule has 0 radical (unpaired) electrons. The number of halogens is 2. The number of hydrogen-bond donors (Lipinski definition) is 2. The average molecular weight is 435 g/mol. The molecule has 0 bridgehead atoms. The molecular formula is C26H28F2N4. The molecular weight excluding hydrogens is 406 g/mol. The van der Waals surface area contributed by atoms with Gasteiger partial charge in [-0.3, -0.25) is 0 Å². The number of nitriles is 2. The lowest BCUT2D eigenvalue weighted by molar-refractivity contribution is 0.595. The monoisotopic (exact) mass is 434 g/mol. The van der Waals surface area contributed by atoms with Crippen molar-refractivity contribution >= 4 is 16.9 Å². The zero-order chi connectivity index (χ0) is 23.7. The quantitative estimate of drug-likeness (QED) is 0.539. The first-order chi connectivity index (χ1) is 15.1. The van der Waals surface area contributed by atoms with Gasteiger partial charge < -0.3 is 11.5 Å². The Kier molecular flexibility index (Phi) is 6.55. The van der Waals surface area contributed by atoms with E-state index in [0.29, 0.717) is 39.9 Å². The van der Waals surface area contributed by atoms with Gasteiger partial charge in [0.15, 0.2) is 0 Å². The Hall–Kier alpha value is -3.38. The minimum absolute atomic E-state index is 0.00537. The maximum Gasteiger partial charge on any atom is 0.150 e. The smallest absolute Gasteiger partial charge is 0.150 e. The molecule has 6 heteroatoms. The Labute approximate surface area is 188 Å². The number of anilines is 2. The summed E-state index contributed by atoms with van der Waals surface area (Å²) in [5.74, 6) is -0.155. The summed E-state index contributed by atoms with van der Waals surface area (Å²) in [6.07, 6.45) is 4.32. The van der Waals surface area contributed by atoms with Crippen LogP contribution >= 0.6 is 0 Å². The van der Waals surface area contributed by atoms with E-state index in [2.05, 4.69) is 6.58 Å². The second-order valence-electron chi connectivity index (χ2n) is 8.98. The van der Waals surface area contributed by atoms with Crippen molar-refractivity contribution in [2.45, 2.75) is 64.2 Å². The van der Waals surface area contributed by atoms with Gasteiger partial charge >= 0.3 is 0 Å². The molecule has 2 fully saturated rings. The first-order valence-electron chi connectivity index (χ1n) is 10.8. The number of nitrogens with zero attached hydrogens (tertiary/aromatic N) is 2. The van der Waals surface area contributed by atoms with Gasteiger partial charge in [0.2, 0.25) is 0 Å². The molecule has 2 aromatic rings. The van der Waals surface area contributed by atoms with Gasteiger partial charge in [0, 0.05) is 22.5 Å². The minimum Gasteiger partial charge on any atom is -0.398 e. The second-order valence-corrected chi connectivity index (χ2v) is 8.98. The van der Waals surface area contributed by atoms with Crippen LogP contribution in [0, 0.1) is 34.3 Å². The van der Waals surface area contributed by atoms with Crippen LogP contribution in [-0.4, -0.2) is 0 Å². The van der Waals surface area contributed by atoms with Gasteiger partial charge in [-0.15, -0.1) is 0 Å². The summed E-state index contributed by atoms with van der Waals surface area (Å²) in [5.41, 5.74) is 16.4. The van der Waals surface area contributed by atoms with E-state index >= 15 is 0 Å². The molecule has 2 aliphatic rings. The van der Waals surface area contributed by atoms with Crippen LogP contribution < -0.4 is 11.5 Å². The molecule has 0 amide bonds. The van der Waals surface area contributed by atoms with Crippen LogP contribution in [0.25, 0.3) is 5.57 Å². The lowest BCUT2D eigenvalue weighted by Gasteiger charge is -2.15. The molecule has 32 heavy (non-hydrogen) atoms. The normalized spacial score (nSPS) is 14.9. The topological polar surface area (TPSA) is 99.6 Å². The van der Waals surface area contributed by atoms with Gasteiger partial charge in [0.1, 0.15) is 23.8 Å². The third-order valence-corrected chi connectivity index (χ3v) is 5.99. The maximum absolute atomic E-state index is 13.9. The SMILES string of the molecule is C=C(C)c1c(N)c(C2CC2)cc(C#N)c1F.CC(C)c1c(N)c(C2CC2)cc(C#N)c1F. The molecule has 0 unspecified atom stereocenters. The summed E-state index contributed by atoms with van der Waals surface area (Å²) in [7, 11) is 0. The number of rotatable bonds is 4. The first kappa shape index (κ1) is 23.3. The highest BCUT2D eigenvalue weighted by Crippen LogP contribution is 2.46. The fourth-order valence-electron chi connectivity index (χ4n) is 4.02. The molecule has 0 saturated heterocycles. The van der Waals surface area contributed by atoms with E-state index in [1.807, 2.05) is 26.0 Å². The summed E-state index contributed by atoms with van der Waals surface area (Å²) >= 11 is 0. The van der Waals surface area contributed by atoms with E-state index in [1.54, 1.807) is 19.1 Å². The third-order valence-electron chi connectivity index (χ3n) is 5.99. The number of nitrogens with two attached hydrogens (primary N) is 2. The van der Waals surface area contributed by atoms with Crippen LogP contribution in [0.5, 0.6) is 0 Å². The van der Waals surface area contributed by atoms with Crippen LogP contribution in [0.3, 0.4) is 0 Å².